The first-order chi connectivity index (χ1) is 7.81. The van der Waals surface area contributed by atoms with E-state index in [4.69, 9.17) is 5.84 Å². The second-order valence-corrected chi connectivity index (χ2v) is 4.29. The molecule has 5 heteroatoms. The van der Waals surface area contributed by atoms with Gasteiger partial charge in [-0.25, -0.2) is 10.8 Å². The fraction of sp³-hybridized carbons (Fsp3) is 0.636. The largest absolute Gasteiger partial charge is 0.357 e. The summed E-state index contributed by atoms with van der Waals surface area (Å²) in [6.07, 6.45) is 8.25. The first-order valence-corrected chi connectivity index (χ1v) is 5.84. The highest BCUT2D eigenvalue weighted by Crippen LogP contribution is 2.24. The van der Waals surface area contributed by atoms with Crippen LogP contribution in [0.5, 0.6) is 0 Å². The van der Waals surface area contributed by atoms with Crippen molar-refractivity contribution in [2.75, 3.05) is 17.4 Å². The summed E-state index contributed by atoms with van der Waals surface area (Å²) in [7, 11) is 2.10. The quantitative estimate of drug-likeness (QED) is 0.598. The molecule has 0 spiro atoms. The molecular formula is C11H19N5. The second kappa shape index (κ2) is 5.12. The molecular weight excluding hydrogens is 202 g/mol. The van der Waals surface area contributed by atoms with Crippen LogP contribution in [0.15, 0.2) is 12.3 Å². The van der Waals surface area contributed by atoms with E-state index in [1.54, 1.807) is 6.20 Å². The van der Waals surface area contributed by atoms with Gasteiger partial charge in [0.15, 0.2) is 0 Å². The van der Waals surface area contributed by atoms with Crippen molar-refractivity contribution in [3.63, 3.8) is 0 Å². The zero-order chi connectivity index (χ0) is 11.4. The SMILES string of the molecule is CN(c1ccnc(NN)n1)C1CCCCC1. The minimum atomic E-state index is 0.472. The zero-order valence-electron chi connectivity index (χ0n) is 9.69. The van der Waals surface area contributed by atoms with Gasteiger partial charge in [0.2, 0.25) is 5.95 Å². The highest BCUT2D eigenvalue weighted by atomic mass is 15.3. The molecule has 1 aliphatic carbocycles. The molecule has 1 saturated carbocycles. The van der Waals surface area contributed by atoms with Crippen LogP contribution in [0, 0.1) is 0 Å². The molecule has 0 unspecified atom stereocenters. The Bertz CT molecular complexity index is 335. The summed E-state index contributed by atoms with van der Waals surface area (Å²) >= 11 is 0. The number of nitrogens with one attached hydrogen (secondary N) is 1. The molecule has 1 aromatic rings. The Balaban J connectivity index is 2.09. The van der Waals surface area contributed by atoms with Crippen molar-refractivity contribution in [2.45, 2.75) is 38.1 Å². The van der Waals surface area contributed by atoms with Gasteiger partial charge in [0.05, 0.1) is 0 Å². The van der Waals surface area contributed by atoms with Crippen molar-refractivity contribution in [1.82, 2.24) is 9.97 Å². The lowest BCUT2D eigenvalue weighted by atomic mass is 9.94. The third-order valence-corrected chi connectivity index (χ3v) is 3.25. The van der Waals surface area contributed by atoms with Gasteiger partial charge in [0.1, 0.15) is 5.82 Å². The Kier molecular flexibility index (Phi) is 3.56. The van der Waals surface area contributed by atoms with E-state index in [1.165, 1.54) is 32.1 Å². The van der Waals surface area contributed by atoms with Crippen LogP contribution in [0.2, 0.25) is 0 Å². The summed E-state index contributed by atoms with van der Waals surface area (Å²) in [5.41, 5.74) is 2.48. The molecule has 16 heavy (non-hydrogen) atoms. The number of hydrogen-bond acceptors (Lipinski definition) is 5. The Morgan fingerprint density at radius 3 is 2.81 bits per heavy atom. The molecule has 0 amide bonds. The molecule has 0 aliphatic heterocycles. The summed E-state index contributed by atoms with van der Waals surface area (Å²) in [6, 6.07) is 2.53. The van der Waals surface area contributed by atoms with Crippen LogP contribution in [-0.4, -0.2) is 23.1 Å². The van der Waals surface area contributed by atoms with Crippen LogP contribution in [0.25, 0.3) is 0 Å². The van der Waals surface area contributed by atoms with E-state index < -0.39 is 0 Å². The highest BCUT2D eigenvalue weighted by molar-refractivity contribution is 5.42. The topological polar surface area (TPSA) is 67.1 Å². The van der Waals surface area contributed by atoms with E-state index in [1.807, 2.05) is 6.07 Å². The van der Waals surface area contributed by atoms with Gasteiger partial charge >= 0.3 is 0 Å². The standard InChI is InChI=1S/C11H19N5/c1-16(9-5-3-2-4-6-9)10-7-8-13-11(14-10)15-12/h7-9H,2-6,12H2,1H3,(H,13,14,15). The first-order valence-electron chi connectivity index (χ1n) is 5.84. The van der Waals surface area contributed by atoms with Gasteiger partial charge in [-0.1, -0.05) is 19.3 Å². The Morgan fingerprint density at radius 2 is 2.12 bits per heavy atom. The molecule has 2 rings (SSSR count). The van der Waals surface area contributed by atoms with E-state index in [0.29, 0.717) is 12.0 Å². The molecule has 0 radical (unpaired) electrons. The molecule has 1 heterocycles. The lowest BCUT2D eigenvalue weighted by Gasteiger charge is -2.32. The number of nitrogens with two attached hydrogens (primary N) is 1. The summed E-state index contributed by atoms with van der Waals surface area (Å²) in [6.45, 7) is 0. The number of anilines is 2. The van der Waals surface area contributed by atoms with Crippen LogP contribution in [0.3, 0.4) is 0 Å². The Morgan fingerprint density at radius 1 is 1.38 bits per heavy atom. The Labute approximate surface area is 96.0 Å². The van der Waals surface area contributed by atoms with Crippen molar-refractivity contribution in [1.29, 1.82) is 0 Å². The van der Waals surface area contributed by atoms with Crippen molar-refractivity contribution in [3.05, 3.63) is 12.3 Å². The van der Waals surface area contributed by atoms with Crippen LogP contribution in [0.4, 0.5) is 11.8 Å². The monoisotopic (exact) mass is 221 g/mol. The number of hydrogen-bond donors (Lipinski definition) is 2. The maximum atomic E-state index is 5.30. The van der Waals surface area contributed by atoms with Gasteiger partial charge in [0.25, 0.3) is 0 Å². The molecule has 0 atom stereocenters. The maximum absolute atomic E-state index is 5.30. The maximum Gasteiger partial charge on any atom is 0.239 e. The van der Waals surface area contributed by atoms with Crippen LogP contribution >= 0.6 is 0 Å². The summed E-state index contributed by atoms with van der Waals surface area (Å²) in [5, 5.41) is 0. The van der Waals surface area contributed by atoms with Crippen LogP contribution in [0.1, 0.15) is 32.1 Å². The second-order valence-electron chi connectivity index (χ2n) is 4.29. The first kappa shape index (κ1) is 11.1. The van der Waals surface area contributed by atoms with Gasteiger partial charge in [-0.15, -0.1) is 0 Å². The number of nitrogen functional groups attached to an aromatic ring is 1. The third-order valence-electron chi connectivity index (χ3n) is 3.25. The van der Waals surface area contributed by atoms with E-state index in [-0.39, 0.29) is 0 Å². The molecule has 0 saturated heterocycles. The van der Waals surface area contributed by atoms with Crippen molar-refractivity contribution in [2.24, 2.45) is 5.84 Å². The summed E-state index contributed by atoms with van der Waals surface area (Å²) < 4.78 is 0. The van der Waals surface area contributed by atoms with Gasteiger partial charge in [-0.3, -0.25) is 5.43 Å². The minimum Gasteiger partial charge on any atom is -0.357 e. The molecule has 0 bridgehead atoms. The Hall–Kier alpha value is -1.36. The molecule has 1 aliphatic rings. The normalized spacial score (nSPS) is 17.1. The van der Waals surface area contributed by atoms with Gasteiger partial charge in [-0.2, -0.15) is 4.98 Å². The average molecular weight is 221 g/mol. The fourth-order valence-electron chi connectivity index (χ4n) is 2.27. The lowest BCUT2D eigenvalue weighted by Crippen LogP contribution is -2.34. The van der Waals surface area contributed by atoms with E-state index >= 15 is 0 Å². The third kappa shape index (κ3) is 2.41. The fourth-order valence-corrected chi connectivity index (χ4v) is 2.27. The number of nitrogens with zero attached hydrogens (tertiary/aromatic N) is 3. The van der Waals surface area contributed by atoms with Crippen LogP contribution in [-0.2, 0) is 0 Å². The van der Waals surface area contributed by atoms with Crippen molar-refractivity contribution >= 4 is 11.8 Å². The predicted octanol–water partition coefficient (Wildman–Crippen LogP) is 1.53. The number of hydrazine groups is 1. The zero-order valence-corrected chi connectivity index (χ0v) is 9.69. The number of rotatable bonds is 3. The van der Waals surface area contributed by atoms with E-state index in [2.05, 4.69) is 27.3 Å². The van der Waals surface area contributed by atoms with Crippen molar-refractivity contribution < 1.29 is 0 Å². The molecule has 1 aromatic heterocycles. The molecule has 0 aromatic carbocycles. The van der Waals surface area contributed by atoms with Gasteiger partial charge < -0.3 is 4.90 Å². The predicted molar refractivity (Wildman–Crippen MR) is 65.1 cm³/mol. The van der Waals surface area contributed by atoms with Gasteiger partial charge in [0, 0.05) is 19.3 Å². The molecule has 5 nitrogen and oxygen atoms in total. The van der Waals surface area contributed by atoms with Gasteiger partial charge in [-0.05, 0) is 18.9 Å². The molecule has 1 fully saturated rings. The lowest BCUT2D eigenvalue weighted by molar-refractivity contribution is 0.426. The van der Waals surface area contributed by atoms with E-state index in [9.17, 15) is 0 Å². The summed E-state index contributed by atoms with van der Waals surface area (Å²) in [4.78, 5) is 10.6. The average Bonchev–Trinajstić information content (AvgIpc) is 2.39. The summed E-state index contributed by atoms with van der Waals surface area (Å²) in [5.74, 6) is 6.72. The number of aromatic nitrogens is 2. The highest BCUT2D eigenvalue weighted by Gasteiger charge is 2.19. The molecule has 88 valence electrons. The smallest absolute Gasteiger partial charge is 0.239 e. The molecule has 3 N–H and O–H groups in total. The van der Waals surface area contributed by atoms with Crippen LogP contribution < -0.4 is 16.2 Å². The van der Waals surface area contributed by atoms with Crippen molar-refractivity contribution in [3.8, 4) is 0 Å². The van der Waals surface area contributed by atoms with E-state index in [0.717, 1.165) is 5.82 Å². The minimum absolute atomic E-state index is 0.472.